The molecule has 11 heteroatoms. The number of carbonyl (C=O) groups excluding carboxylic acids is 1. The largest absolute Gasteiger partial charge is 0.497 e. The van der Waals surface area contributed by atoms with Crippen LogP contribution in [0.15, 0.2) is 71.1 Å². The molecule has 1 amide bonds. The molecular formula is C23H15Cl3N2O5S. The Labute approximate surface area is 211 Å². The molecule has 3 rings (SSSR count). The average Bonchev–Trinajstić information content (AvgIpc) is 2.80. The molecule has 0 radical (unpaired) electrons. The molecule has 0 bridgehead atoms. The van der Waals surface area contributed by atoms with Crippen LogP contribution in [-0.4, -0.2) is 21.4 Å². The van der Waals surface area contributed by atoms with Crippen LogP contribution in [0.2, 0.25) is 15.1 Å². The minimum atomic E-state index is -4.24. The number of nitrogens with one attached hydrogen (secondary N) is 1. The fourth-order valence-electron chi connectivity index (χ4n) is 2.69. The van der Waals surface area contributed by atoms with E-state index in [1.54, 1.807) is 24.3 Å². The standard InChI is InChI=1S/C23H15Cl3N2O5S/c1-32-18-6-4-17(5-7-18)28-23(29)15(13-27)10-14-11-20(25)22(21(26)12-14)33-34(30,31)19-8-2-16(24)3-9-19/h2-12H,1H3,(H,28,29)/b15-10+. The number of nitriles is 1. The van der Waals surface area contributed by atoms with Gasteiger partial charge in [-0.2, -0.15) is 13.7 Å². The van der Waals surface area contributed by atoms with Crippen molar-refractivity contribution in [3.05, 3.63) is 86.9 Å². The minimum Gasteiger partial charge on any atom is -0.497 e. The van der Waals surface area contributed by atoms with Crippen LogP contribution in [-0.2, 0) is 14.9 Å². The molecule has 34 heavy (non-hydrogen) atoms. The Morgan fingerprint density at radius 3 is 2.12 bits per heavy atom. The number of halogens is 3. The summed E-state index contributed by atoms with van der Waals surface area (Å²) in [5.74, 6) is -0.346. The van der Waals surface area contributed by atoms with E-state index in [0.29, 0.717) is 16.5 Å². The number of hydrogen-bond acceptors (Lipinski definition) is 6. The molecule has 7 nitrogen and oxygen atoms in total. The first-order valence-corrected chi connectivity index (χ1v) is 11.9. The molecule has 0 saturated carbocycles. The zero-order valence-electron chi connectivity index (χ0n) is 17.4. The van der Waals surface area contributed by atoms with Gasteiger partial charge in [0.05, 0.1) is 17.2 Å². The topological polar surface area (TPSA) is 105 Å². The van der Waals surface area contributed by atoms with Crippen LogP contribution in [0.5, 0.6) is 11.5 Å². The number of ether oxygens (including phenoxy) is 1. The van der Waals surface area contributed by atoms with E-state index in [2.05, 4.69) is 5.32 Å². The van der Waals surface area contributed by atoms with E-state index >= 15 is 0 Å². The lowest BCUT2D eigenvalue weighted by Crippen LogP contribution is -2.13. The number of carbonyl (C=O) groups is 1. The van der Waals surface area contributed by atoms with Gasteiger partial charge in [0.2, 0.25) is 0 Å². The number of amides is 1. The van der Waals surface area contributed by atoms with Gasteiger partial charge in [0.15, 0.2) is 5.75 Å². The van der Waals surface area contributed by atoms with E-state index in [1.807, 2.05) is 6.07 Å². The molecule has 0 saturated heterocycles. The van der Waals surface area contributed by atoms with Crippen molar-refractivity contribution in [2.45, 2.75) is 4.90 Å². The maximum Gasteiger partial charge on any atom is 0.339 e. The Kier molecular flexibility index (Phi) is 8.07. The van der Waals surface area contributed by atoms with Crippen molar-refractivity contribution in [2.24, 2.45) is 0 Å². The van der Waals surface area contributed by atoms with Gasteiger partial charge < -0.3 is 14.2 Å². The molecule has 0 fully saturated rings. The first kappa shape index (κ1) is 25.4. The Hall–Kier alpha value is -3.22. The molecular weight excluding hydrogens is 523 g/mol. The fraction of sp³-hybridized carbons (Fsp3) is 0.0435. The normalized spacial score (nSPS) is 11.4. The number of anilines is 1. The van der Waals surface area contributed by atoms with Crippen molar-refractivity contribution >= 4 is 62.6 Å². The second kappa shape index (κ2) is 10.8. The molecule has 0 atom stereocenters. The molecule has 3 aromatic carbocycles. The summed E-state index contributed by atoms with van der Waals surface area (Å²) < 4.78 is 35.2. The number of benzene rings is 3. The van der Waals surface area contributed by atoms with Crippen LogP contribution < -0.4 is 14.2 Å². The van der Waals surface area contributed by atoms with Gasteiger partial charge >= 0.3 is 10.1 Å². The zero-order chi connectivity index (χ0) is 24.9. The van der Waals surface area contributed by atoms with Crippen molar-refractivity contribution in [1.29, 1.82) is 5.26 Å². The first-order valence-electron chi connectivity index (χ1n) is 9.39. The van der Waals surface area contributed by atoms with Crippen molar-refractivity contribution in [3.63, 3.8) is 0 Å². The average molecular weight is 538 g/mol. The highest BCUT2D eigenvalue weighted by Crippen LogP contribution is 2.37. The third-order valence-electron chi connectivity index (χ3n) is 4.34. The number of nitrogens with zero attached hydrogens (tertiary/aromatic N) is 1. The van der Waals surface area contributed by atoms with Gasteiger partial charge in [0.1, 0.15) is 22.3 Å². The monoisotopic (exact) mass is 536 g/mol. The van der Waals surface area contributed by atoms with Gasteiger partial charge in [-0.05, 0) is 72.3 Å². The van der Waals surface area contributed by atoms with Gasteiger partial charge in [-0.1, -0.05) is 34.8 Å². The fourth-order valence-corrected chi connectivity index (χ4v) is 4.45. The summed E-state index contributed by atoms with van der Waals surface area (Å²) >= 11 is 18.2. The summed E-state index contributed by atoms with van der Waals surface area (Å²) in [6.45, 7) is 0. The summed E-state index contributed by atoms with van der Waals surface area (Å²) in [5, 5.41) is 12.1. The van der Waals surface area contributed by atoms with Crippen molar-refractivity contribution in [3.8, 4) is 17.6 Å². The van der Waals surface area contributed by atoms with E-state index in [0.717, 1.165) is 0 Å². The highest BCUT2D eigenvalue weighted by Gasteiger charge is 2.21. The molecule has 1 N–H and O–H groups in total. The predicted molar refractivity (Wildman–Crippen MR) is 131 cm³/mol. The van der Waals surface area contributed by atoms with Crippen LogP contribution in [0.4, 0.5) is 5.69 Å². The van der Waals surface area contributed by atoms with Gasteiger partial charge in [-0.15, -0.1) is 0 Å². The van der Waals surface area contributed by atoms with E-state index in [1.165, 1.54) is 49.6 Å². The summed E-state index contributed by atoms with van der Waals surface area (Å²) in [5.41, 5.74) is 0.511. The predicted octanol–water partition coefficient (Wildman–Crippen LogP) is 5.97. The van der Waals surface area contributed by atoms with Gasteiger partial charge in [0.25, 0.3) is 5.91 Å². The summed E-state index contributed by atoms with van der Waals surface area (Å²) in [4.78, 5) is 12.4. The van der Waals surface area contributed by atoms with Crippen molar-refractivity contribution in [1.82, 2.24) is 0 Å². The maximum absolute atomic E-state index is 12.5. The second-order valence-electron chi connectivity index (χ2n) is 6.66. The Bertz CT molecular complexity index is 1380. The SMILES string of the molecule is COc1ccc(NC(=O)/C(C#N)=C/c2cc(Cl)c(OS(=O)(=O)c3ccc(Cl)cc3)c(Cl)c2)cc1. The lowest BCUT2D eigenvalue weighted by Gasteiger charge is -2.11. The molecule has 0 aromatic heterocycles. The van der Waals surface area contributed by atoms with Crippen LogP contribution in [0.25, 0.3) is 6.08 Å². The maximum atomic E-state index is 12.5. The molecule has 0 unspecified atom stereocenters. The van der Waals surface area contributed by atoms with Gasteiger partial charge in [0, 0.05) is 10.7 Å². The molecule has 0 spiro atoms. The van der Waals surface area contributed by atoms with E-state index < -0.39 is 16.0 Å². The van der Waals surface area contributed by atoms with Crippen LogP contribution in [0.1, 0.15) is 5.56 Å². The molecule has 0 aliphatic heterocycles. The third-order valence-corrected chi connectivity index (χ3v) is 6.39. The van der Waals surface area contributed by atoms with E-state index in [4.69, 9.17) is 43.7 Å². The van der Waals surface area contributed by atoms with E-state index in [9.17, 15) is 18.5 Å². The van der Waals surface area contributed by atoms with Gasteiger partial charge in [-0.3, -0.25) is 4.79 Å². The van der Waals surface area contributed by atoms with E-state index in [-0.39, 0.29) is 31.8 Å². The molecule has 0 heterocycles. The third kappa shape index (κ3) is 6.22. The number of methoxy groups -OCH3 is 1. The smallest absolute Gasteiger partial charge is 0.339 e. The summed E-state index contributed by atoms with van der Waals surface area (Å²) in [7, 11) is -2.72. The highest BCUT2D eigenvalue weighted by atomic mass is 35.5. The second-order valence-corrected chi connectivity index (χ2v) is 9.45. The summed E-state index contributed by atoms with van der Waals surface area (Å²) in [6, 6.07) is 16.3. The van der Waals surface area contributed by atoms with Crippen LogP contribution >= 0.6 is 34.8 Å². The molecule has 0 aliphatic rings. The molecule has 174 valence electrons. The molecule has 0 aliphatic carbocycles. The quantitative estimate of drug-likeness (QED) is 0.226. The highest BCUT2D eigenvalue weighted by molar-refractivity contribution is 7.87. The number of hydrogen-bond donors (Lipinski definition) is 1. The van der Waals surface area contributed by atoms with Crippen LogP contribution in [0, 0.1) is 11.3 Å². The van der Waals surface area contributed by atoms with Crippen molar-refractivity contribution < 1.29 is 22.1 Å². The Morgan fingerprint density at radius 2 is 1.59 bits per heavy atom. The molecule has 3 aromatic rings. The van der Waals surface area contributed by atoms with Gasteiger partial charge in [-0.25, -0.2) is 0 Å². The lowest BCUT2D eigenvalue weighted by atomic mass is 10.1. The Balaban J connectivity index is 1.83. The van der Waals surface area contributed by atoms with Crippen LogP contribution in [0.3, 0.4) is 0 Å². The summed E-state index contributed by atoms with van der Waals surface area (Å²) in [6.07, 6.45) is 1.26. The number of rotatable bonds is 7. The zero-order valence-corrected chi connectivity index (χ0v) is 20.5. The first-order chi connectivity index (χ1) is 16.1. The lowest BCUT2D eigenvalue weighted by molar-refractivity contribution is -0.112. The minimum absolute atomic E-state index is 0.135. The van der Waals surface area contributed by atoms with Crippen molar-refractivity contribution in [2.75, 3.05) is 12.4 Å². The Morgan fingerprint density at radius 1 is 1.00 bits per heavy atom.